The van der Waals surface area contributed by atoms with Crippen molar-refractivity contribution in [2.24, 2.45) is 7.05 Å². The number of hydrogen-bond donors (Lipinski definition) is 3. The second kappa shape index (κ2) is 7.96. The zero-order valence-electron chi connectivity index (χ0n) is 18.6. The van der Waals surface area contributed by atoms with Crippen LogP contribution in [0.5, 0.6) is 5.75 Å². The van der Waals surface area contributed by atoms with E-state index in [0.717, 1.165) is 25.2 Å². The number of likely N-dealkylation sites (N-methyl/N-ethyl adjacent to an activating group) is 1. The Labute approximate surface area is 189 Å². The summed E-state index contributed by atoms with van der Waals surface area (Å²) in [5.74, 6) is -1.78. The van der Waals surface area contributed by atoms with E-state index in [2.05, 4.69) is 30.6 Å². The van der Waals surface area contributed by atoms with Crippen molar-refractivity contribution < 1.29 is 14.3 Å². The van der Waals surface area contributed by atoms with Crippen LogP contribution in [0, 0.1) is 5.82 Å². The molecule has 3 heterocycles. The van der Waals surface area contributed by atoms with Gasteiger partial charge in [0.2, 0.25) is 0 Å². The summed E-state index contributed by atoms with van der Waals surface area (Å²) in [6.45, 7) is 1.78. The SMILES string of the molecule is CNC(=O)c1nc(-c2cc3cn(C)nc3c(F)c2O)nc2ccc(N3CCC(NC)C3)cc12. The number of anilines is 1. The number of nitrogens with one attached hydrogen (secondary N) is 2. The van der Waals surface area contributed by atoms with Crippen LogP contribution >= 0.6 is 0 Å². The van der Waals surface area contributed by atoms with Gasteiger partial charge in [0.05, 0.1) is 11.1 Å². The monoisotopic (exact) mass is 449 g/mol. The summed E-state index contributed by atoms with van der Waals surface area (Å²) in [5, 5.41) is 21.6. The second-order valence-electron chi connectivity index (χ2n) is 8.22. The Hall–Kier alpha value is -3.79. The van der Waals surface area contributed by atoms with E-state index in [0.29, 0.717) is 22.3 Å². The highest BCUT2D eigenvalue weighted by molar-refractivity contribution is 6.05. The Morgan fingerprint density at radius 1 is 1.24 bits per heavy atom. The molecule has 10 heteroatoms. The zero-order chi connectivity index (χ0) is 23.3. The molecule has 33 heavy (non-hydrogen) atoms. The van der Waals surface area contributed by atoms with Crippen molar-refractivity contribution in [3.8, 4) is 17.1 Å². The molecule has 1 atom stereocenters. The number of aromatic hydroxyl groups is 1. The molecule has 0 bridgehead atoms. The third-order valence-corrected chi connectivity index (χ3v) is 6.15. The lowest BCUT2D eigenvalue weighted by molar-refractivity contribution is 0.0960. The van der Waals surface area contributed by atoms with Crippen LogP contribution in [-0.2, 0) is 7.05 Å². The second-order valence-corrected chi connectivity index (χ2v) is 8.22. The summed E-state index contributed by atoms with van der Waals surface area (Å²) >= 11 is 0. The third-order valence-electron chi connectivity index (χ3n) is 6.15. The smallest absolute Gasteiger partial charge is 0.270 e. The minimum atomic E-state index is -0.850. The molecule has 170 valence electrons. The van der Waals surface area contributed by atoms with Gasteiger partial charge in [-0.2, -0.15) is 5.10 Å². The van der Waals surface area contributed by atoms with Crippen molar-refractivity contribution in [1.29, 1.82) is 0 Å². The molecule has 1 fully saturated rings. The zero-order valence-corrected chi connectivity index (χ0v) is 18.6. The van der Waals surface area contributed by atoms with E-state index in [1.54, 1.807) is 19.3 Å². The van der Waals surface area contributed by atoms with Gasteiger partial charge >= 0.3 is 0 Å². The Balaban J connectivity index is 1.67. The molecule has 1 amide bonds. The van der Waals surface area contributed by atoms with Crippen LogP contribution in [0.25, 0.3) is 33.2 Å². The van der Waals surface area contributed by atoms with E-state index < -0.39 is 17.5 Å². The van der Waals surface area contributed by atoms with Crippen molar-refractivity contribution in [3.05, 3.63) is 42.0 Å². The molecular weight excluding hydrogens is 425 g/mol. The first kappa shape index (κ1) is 21.1. The molecule has 5 rings (SSSR count). The number of aromatic nitrogens is 4. The molecule has 1 aliphatic rings. The average molecular weight is 449 g/mol. The van der Waals surface area contributed by atoms with Crippen LogP contribution in [-0.4, -0.2) is 64.0 Å². The number of fused-ring (bicyclic) bond motifs is 2. The predicted molar refractivity (Wildman–Crippen MR) is 124 cm³/mol. The van der Waals surface area contributed by atoms with Gasteiger partial charge in [-0.1, -0.05) is 0 Å². The van der Waals surface area contributed by atoms with E-state index in [4.69, 9.17) is 0 Å². The van der Waals surface area contributed by atoms with Crippen molar-refractivity contribution in [1.82, 2.24) is 30.4 Å². The summed E-state index contributed by atoms with van der Waals surface area (Å²) < 4.78 is 16.3. The van der Waals surface area contributed by atoms with Crippen LogP contribution in [0.15, 0.2) is 30.5 Å². The fourth-order valence-electron chi connectivity index (χ4n) is 4.36. The van der Waals surface area contributed by atoms with Gasteiger partial charge in [0.15, 0.2) is 17.4 Å². The molecule has 2 aromatic carbocycles. The number of rotatable bonds is 4. The van der Waals surface area contributed by atoms with Crippen LogP contribution < -0.4 is 15.5 Å². The van der Waals surface area contributed by atoms with Gasteiger partial charge < -0.3 is 20.6 Å². The summed E-state index contributed by atoms with van der Waals surface area (Å²) in [4.78, 5) is 24.0. The van der Waals surface area contributed by atoms with Crippen LogP contribution in [0.4, 0.5) is 10.1 Å². The summed E-state index contributed by atoms with van der Waals surface area (Å²) in [6, 6.07) is 7.68. The van der Waals surface area contributed by atoms with Gasteiger partial charge in [-0.05, 0) is 37.7 Å². The van der Waals surface area contributed by atoms with Crippen molar-refractivity contribution in [3.63, 3.8) is 0 Å². The lowest BCUT2D eigenvalue weighted by atomic mass is 10.1. The fourth-order valence-corrected chi connectivity index (χ4v) is 4.36. The number of carbonyl (C=O) groups is 1. The molecule has 1 saturated heterocycles. The maximum absolute atomic E-state index is 14.8. The summed E-state index contributed by atoms with van der Waals surface area (Å²) in [5.41, 5.74) is 1.82. The molecule has 1 aliphatic heterocycles. The van der Waals surface area contributed by atoms with E-state index in [1.807, 2.05) is 25.2 Å². The highest BCUT2D eigenvalue weighted by Gasteiger charge is 2.24. The number of hydrogen-bond acceptors (Lipinski definition) is 7. The minimum Gasteiger partial charge on any atom is -0.504 e. The third kappa shape index (κ3) is 3.52. The normalized spacial score (nSPS) is 16.1. The van der Waals surface area contributed by atoms with Gasteiger partial charge in [0.25, 0.3) is 5.91 Å². The van der Waals surface area contributed by atoms with E-state index in [1.165, 1.54) is 11.7 Å². The molecule has 1 unspecified atom stereocenters. The maximum atomic E-state index is 14.8. The topological polar surface area (TPSA) is 108 Å². The number of amides is 1. The highest BCUT2D eigenvalue weighted by Crippen LogP contribution is 2.36. The predicted octanol–water partition coefficient (Wildman–Crippen LogP) is 2.19. The van der Waals surface area contributed by atoms with Crippen LogP contribution in [0.3, 0.4) is 0 Å². The quantitative estimate of drug-likeness (QED) is 0.438. The van der Waals surface area contributed by atoms with Crippen molar-refractivity contribution in [2.45, 2.75) is 12.5 Å². The molecule has 3 N–H and O–H groups in total. The van der Waals surface area contributed by atoms with Gasteiger partial charge in [0, 0.05) is 55.9 Å². The first-order valence-corrected chi connectivity index (χ1v) is 10.7. The number of benzene rings is 2. The standard InChI is InChI=1S/C23H24FN7O2/c1-25-13-6-7-31(11-13)14-4-5-17-15(9-14)20(23(33)26-2)28-22(27-17)16-8-12-10-30(3)29-19(12)18(24)21(16)32/h4-5,8-10,13,25,32H,6-7,11H2,1-3H3,(H,26,33). The Bertz CT molecular complexity index is 1400. The number of aryl methyl sites for hydroxylation is 1. The molecule has 4 aromatic rings. The Kier molecular flexibility index (Phi) is 5.09. The fraction of sp³-hybridized carbons (Fsp3) is 0.304. The Morgan fingerprint density at radius 3 is 2.79 bits per heavy atom. The molecule has 2 aromatic heterocycles. The molecule has 9 nitrogen and oxygen atoms in total. The number of carbonyl (C=O) groups excluding carboxylic acids is 1. The number of nitrogens with zero attached hydrogens (tertiary/aromatic N) is 5. The summed E-state index contributed by atoms with van der Waals surface area (Å²) in [7, 11) is 5.15. The lowest BCUT2D eigenvalue weighted by Gasteiger charge is -2.19. The van der Waals surface area contributed by atoms with Gasteiger partial charge in [-0.25, -0.2) is 14.4 Å². The Morgan fingerprint density at radius 2 is 2.06 bits per heavy atom. The van der Waals surface area contributed by atoms with E-state index >= 15 is 0 Å². The largest absolute Gasteiger partial charge is 0.504 e. The first-order chi connectivity index (χ1) is 15.9. The lowest BCUT2D eigenvalue weighted by Crippen LogP contribution is -2.29. The van der Waals surface area contributed by atoms with E-state index in [-0.39, 0.29) is 22.6 Å². The molecule has 0 radical (unpaired) electrons. The minimum absolute atomic E-state index is 0.0567. The first-order valence-electron chi connectivity index (χ1n) is 10.7. The molecular formula is C23H24FN7O2. The highest BCUT2D eigenvalue weighted by atomic mass is 19.1. The average Bonchev–Trinajstić information content (AvgIpc) is 3.46. The number of phenols is 1. The van der Waals surface area contributed by atoms with Gasteiger partial charge in [0.1, 0.15) is 11.2 Å². The van der Waals surface area contributed by atoms with Crippen molar-refractivity contribution >= 4 is 33.4 Å². The van der Waals surface area contributed by atoms with Crippen molar-refractivity contribution in [2.75, 3.05) is 32.1 Å². The maximum Gasteiger partial charge on any atom is 0.270 e. The van der Waals surface area contributed by atoms with Crippen LogP contribution in [0.1, 0.15) is 16.9 Å². The molecule has 0 saturated carbocycles. The van der Waals surface area contributed by atoms with Gasteiger partial charge in [-0.15, -0.1) is 0 Å². The van der Waals surface area contributed by atoms with Crippen LogP contribution in [0.2, 0.25) is 0 Å². The van der Waals surface area contributed by atoms with Gasteiger partial charge in [-0.3, -0.25) is 9.48 Å². The molecule has 0 spiro atoms. The molecule has 0 aliphatic carbocycles. The number of halogens is 1. The number of phenolic OH excluding ortho intramolecular Hbond substituents is 1. The van der Waals surface area contributed by atoms with E-state index in [9.17, 15) is 14.3 Å². The summed E-state index contributed by atoms with van der Waals surface area (Å²) in [6.07, 6.45) is 2.68.